The number of carboxylic acids is 1. The van der Waals surface area contributed by atoms with E-state index in [4.69, 9.17) is 30.1 Å². The van der Waals surface area contributed by atoms with E-state index in [9.17, 15) is 15.0 Å². The lowest BCUT2D eigenvalue weighted by atomic mass is 9.35. The van der Waals surface area contributed by atoms with E-state index in [-0.39, 0.29) is 47.7 Å². The van der Waals surface area contributed by atoms with Crippen LogP contribution in [-0.4, -0.2) is 88.7 Å². The minimum Gasteiger partial charge on any atom is -0.478 e. The molecule has 7 aliphatic rings. The highest BCUT2D eigenvalue weighted by atomic mass is 16.4. The van der Waals surface area contributed by atoms with Crippen LogP contribution in [0.5, 0.6) is 0 Å². The Kier molecular flexibility index (Phi) is 6.89. The van der Waals surface area contributed by atoms with Crippen molar-refractivity contribution in [3.8, 4) is 0 Å². The van der Waals surface area contributed by atoms with Gasteiger partial charge < -0.3 is 15.1 Å². The molecule has 8 unspecified atom stereocenters. The summed E-state index contributed by atoms with van der Waals surface area (Å²) >= 11 is 0. The number of nitrogens with one attached hydrogen (secondary N) is 2. The summed E-state index contributed by atoms with van der Waals surface area (Å²) < 4.78 is 0. The molecule has 0 spiro atoms. The van der Waals surface area contributed by atoms with Gasteiger partial charge in [0.1, 0.15) is 17.1 Å². The number of aromatic nitrogens is 6. The van der Waals surface area contributed by atoms with Gasteiger partial charge in [0.25, 0.3) is 0 Å². The molecule has 51 heavy (non-hydrogen) atoms. The number of hydrogen-bond acceptors (Lipinski definition) is 13. The van der Waals surface area contributed by atoms with Gasteiger partial charge in [0, 0.05) is 68.7 Å². The number of carboxylic acid groups (broad SMARTS) is 1. The fourth-order valence-corrected chi connectivity index (χ4v) is 10.2. The molecule has 254 valence electrons. The molecule has 3 aliphatic heterocycles. The normalized spacial score (nSPS) is 30.1. The number of aliphatic hydroxyl groups excluding tert-OH is 1. The highest BCUT2D eigenvalue weighted by Gasteiger charge is 2.72. The van der Waals surface area contributed by atoms with Gasteiger partial charge >= 0.3 is 5.97 Å². The van der Waals surface area contributed by atoms with Gasteiger partial charge in [0.2, 0.25) is 0 Å². The number of aromatic carboxylic acids is 1. The molecule has 4 aromatic rings. The third-order valence-electron chi connectivity index (χ3n) is 11.8. The first kappa shape index (κ1) is 30.1. The van der Waals surface area contributed by atoms with Crippen LogP contribution in [-0.2, 0) is 0 Å². The van der Waals surface area contributed by atoms with Gasteiger partial charge in [0.05, 0.1) is 17.9 Å². The van der Waals surface area contributed by atoms with Crippen molar-refractivity contribution in [1.29, 1.82) is 0 Å². The Morgan fingerprint density at radius 2 is 1.22 bits per heavy atom. The Labute approximate surface area is 292 Å². The molecule has 2 bridgehead atoms. The summed E-state index contributed by atoms with van der Waals surface area (Å²) in [6.07, 6.45) is 10.5. The van der Waals surface area contributed by atoms with Gasteiger partial charge in [-0.25, -0.2) is 34.7 Å². The molecule has 4 aliphatic carbocycles. The zero-order valence-corrected chi connectivity index (χ0v) is 27.3. The highest BCUT2D eigenvalue weighted by Crippen LogP contribution is 2.73. The summed E-state index contributed by atoms with van der Waals surface area (Å²) in [5.74, 6) is 1.66. The Morgan fingerprint density at radius 3 is 1.80 bits per heavy atom. The number of likely N-dealkylation sites (tertiary alicyclic amines) is 1. The van der Waals surface area contributed by atoms with E-state index in [0.29, 0.717) is 35.9 Å². The molecule has 3 aromatic heterocycles. The molecule has 0 radical (unpaired) electrons. The Balaban J connectivity index is 1.20. The molecule has 11 rings (SSSR count). The molecule has 14 nitrogen and oxygen atoms in total. The number of aliphatic hydroxyl groups is 1. The zero-order valence-electron chi connectivity index (χ0n) is 27.3. The first-order valence-electron chi connectivity index (χ1n) is 17.3. The molecule has 6 heterocycles. The molecule has 5 fully saturated rings. The molecule has 1 saturated heterocycles. The van der Waals surface area contributed by atoms with E-state index in [1.54, 1.807) is 55.4 Å². The van der Waals surface area contributed by atoms with Crippen LogP contribution in [0.1, 0.15) is 33.4 Å². The van der Waals surface area contributed by atoms with Crippen LogP contribution in [0.15, 0.2) is 101 Å². The van der Waals surface area contributed by atoms with Crippen LogP contribution < -0.4 is 10.9 Å². The van der Waals surface area contributed by atoms with Crippen LogP contribution in [0.4, 0.5) is 0 Å². The first-order valence-corrected chi connectivity index (χ1v) is 17.3. The molecule has 4 saturated carbocycles. The Morgan fingerprint density at radius 1 is 0.686 bits per heavy atom. The monoisotopic (exact) mass is 679 g/mol. The first-order chi connectivity index (χ1) is 25.1. The van der Waals surface area contributed by atoms with Crippen LogP contribution in [0.2, 0.25) is 0 Å². The molecule has 8 atom stereocenters. The molecular formula is C37H33N11O3. The van der Waals surface area contributed by atoms with Gasteiger partial charge in [-0.2, -0.15) is 10.2 Å². The van der Waals surface area contributed by atoms with E-state index in [1.807, 2.05) is 24.3 Å². The maximum atomic E-state index is 11.8. The summed E-state index contributed by atoms with van der Waals surface area (Å²) in [6, 6.07) is 12.4. The van der Waals surface area contributed by atoms with Crippen molar-refractivity contribution in [2.75, 3.05) is 26.2 Å². The van der Waals surface area contributed by atoms with Crippen molar-refractivity contribution < 1.29 is 15.0 Å². The van der Waals surface area contributed by atoms with Crippen LogP contribution in [0, 0.1) is 47.3 Å². The quantitative estimate of drug-likeness (QED) is 0.223. The van der Waals surface area contributed by atoms with Crippen molar-refractivity contribution in [1.82, 2.24) is 45.7 Å². The summed E-state index contributed by atoms with van der Waals surface area (Å²) in [5, 5.41) is 29.7. The van der Waals surface area contributed by atoms with Crippen LogP contribution in [0.3, 0.4) is 0 Å². The van der Waals surface area contributed by atoms with Gasteiger partial charge in [-0.3, -0.25) is 10.9 Å². The fraction of sp³-hybridized carbons (Fsp3) is 0.324. The number of β-amino-alcohol motifs (C(OH)–C–C–N with tert-alkyl or cyclic N) is 1. The zero-order chi connectivity index (χ0) is 34.2. The highest BCUT2D eigenvalue weighted by molar-refractivity contribution is 6.07. The predicted octanol–water partition coefficient (Wildman–Crippen LogP) is 2.17. The summed E-state index contributed by atoms with van der Waals surface area (Å²) in [4.78, 5) is 42.3. The average molecular weight is 680 g/mol. The van der Waals surface area contributed by atoms with Crippen molar-refractivity contribution >= 4 is 28.8 Å². The van der Waals surface area contributed by atoms with Gasteiger partial charge in [-0.05, 0) is 82.5 Å². The van der Waals surface area contributed by atoms with E-state index in [0.717, 1.165) is 41.5 Å². The predicted molar refractivity (Wildman–Crippen MR) is 184 cm³/mol. The number of hydrogen-bond donors (Lipinski definition) is 4. The summed E-state index contributed by atoms with van der Waals surface area (Å²) in [7, 11) is 0. The number of fused-ring (bicyclic) bond motifs is 1. The van der Waals surface area contributed by atoms with E-state index in [2.05, 4.69) is 25.7 Å². The number of carbonyl (C=O) groups is 1. The third kappa shape index (κ3) is 4.45. The summed E-state index contributed by atoms with van der Waals surface area (Å²) in [6.45, 7) is 2.44. The molecular weight excluding hydrogens is 646 g/mol. The number of nitrogens with zero attached hydrogens (tertiary/aromatic N) is 9. The van der Waals surface area contributed by atoms with Crippen molar-refractivity contribution in [2.24, 2.45) is 57.5 Å². The molecule has 14 heteroatoms. The van der Waals surface area contributed by atoms with Crippen molar-refractivity contribution in [3.63, 3.8) is 0 Å². The number of rotatable bonds is 7. The van der Waals surface area contributed by atoms with Crippen LogP contribution >= 0.6 is 0 Å². The lowest BCUT2D eigenvalue weighted by molar-refractivity contribution is -0.0699. The second-order valence-electron chi connectivity index (χ2n) is 14.0. The second kappa shape index (κ2) is 11.7. The topological polar surface area (TPSA) is 187 Å². The largest absolute Gasteiger partial charge is 0.478 e. The van der Waals surface area contributed by atoms with Crippen LogP contribution in [0.25, 0.3) is 11.4 Å². The minimum atomic E-state index is -0.971. The van der Waals surface area contributed by atoms with Gasteiger partial charge in [-0.15, -0.1) is 0 Å². The maximum absolute atomic E-state index is 11.8. The number of allylic oxidation sites excluding steroid dienone is 2. The third-order valence-corrected chi connectivity index (χ3v) is 11.8. The second-order valence-corrected chi connectivity index (χ2v) is 14.0. The van der Waals surface area contributed by atoms with E-state index < -0.39 is 5.97 Å². The van der Waals surface area contributed by atoms with Crippen molar-refractivity contribution in [3.05, 3.63) is 119 Å². The van der Waals surface area contributed by atoms with E-state index in [1.165, 1.54) is 11.1 Å². The average Bonchev–Trinajstić information content (AvgIpc) is 3.61. The summed E-state index contributed by atoms with van der Waals surface area (Å²) in [5.41, 5.74) is 13.7. The Hall–Kier alpha value is -5.73. The van der Waals surface area contributed by atoms with Gasteiger partial charge in [-0.1, -0.05) is 12.1 Å². The fourth-order valence-electron chi connectivity index (χ4n) is 10.2. The lowest BCUT2D eigenvalue weighted by Gasteiger charge is -2.68. The minimum absolute atomic E-state index is 0.0793. The SMILES string of the molecule is O=C(O)c1ccc(C2=C3C(C(c4ncccn4)=NN2)C2C4C5=C(c6ncccn6)NN=C(c6ncccn6)C5C(C5CN(CCO)CC54)C32)cc1. The number of benzene rings is 1. The smallest absolute Gasteiger partial charge is 0.335 e. The molecule has 4 N–H and O–H groups in total. The maximum Gasteiger partial charge on any atom is 0.335 e. The van der Waals surface area contributed by atoms with Gasteiger partial charge in [0.15, 0.2) is 17.5 Å². The van der Waals surface area contributed by atoms with E-state index >= 15 is 0 Å². The lowest BCUT2D eigenvalue weighted by Crippen LogP contribution is -2.68. The standard InChI is InChI=1S/C37H33N11O3/c49-15-14-48-16-20-21(17-48)23-25-24(22(20)26-27(23)32(35-40-10-2-11-41-35)47-46-31(26)34-38-8-1-9-39-34)28-29(25)33(36-42-12-3-13-43-36)45-44-30(28)18-4-6-19(7-5-18)37(50)51/h1-13,20-26,29,44,47,49H,14-17H2,(H,50,51). The molecule has 0 amide bonds. The Bertz CT molecular complexity index is 2160. The number of hydrazone groups is 2. The van der Waals surface area contributed by atoms with Crippen molar-refractivity contribution in [2.45, 2.75) is 0 Å². The molecule has 1 aromatic carbocycles.